The third-order valence-electron chi connectivity index (χ3n) is 3.32. The van der Waals surface area contributed by atoms with Crippen molar-refractivity contribution in [1.82, 2.24) is 0 Å². The van der Waals surface area contributed by atoms with Crippen LogP contribution in [-0.4, -0.2) is 83.1 Å². The lowest BCUT2D eigenvalue weighted by atomic mass is 10.1. The largest absolute Gasteiger partial charge is 0.267 e. The van der Waals surface area contributed by atoms with Gasteiger partial charge in [-0.3, -0.25) is 16.7 Å². The molecule has 0 fully saturated rings. The first-order valence-corrected chi connectivity index (χ1v) is 16.8. The molecule has 12 nitrogen and oxygen atoms in total. The Morgan fingerprint density at radius 2 is 0.531 bits per heavy atom. The molecule has 0 saturated carbocycles. The van der Waals surface area contributed by atoms with Gasteiger partial charge < -0.3 is 0 Å². The zero-order valence-corrected chi connectivity index (χ0v) is 22.9. The minimum Gasteiger partial charge on any atom is -0.267 e. The Hall–Kier alpha value is -0.360. The van der Waals surface area contributed by atoms with Crippen LogP contribution >= 0.6 is 0 Å². The van der Waals surface area contributed by atoms with E-state index in [1.807, 2.05) is 0 Å². The fourth-order valence-corrected chi connectivity index (χ4v) is 5.10. The summed E-state index contributed by atoms with van der Waals surface area (Å²) in [7, 11) is -13.9. The van der Waals surface area contributed by atoms with Crippen molar-refractivity contribution in [2.75, 3.05) is 25.0 Å². The van der Waals surface area contributed by atoms with Crippen LogP contribution in [0, 0.1) is 0 Å². The summed E-state index contributed by atoms with van der Waals surface area (Å²) in [5.74, 6) is 0. The summed E-state index contributed by atoms with van der Waals surface area (Å²) in [6, 6.07) is 0. The molecular formula is C16H36O12S4. The van der Waals surface area contributed by atoms with Crippen LogP contribution in [0.25, 0.3) is 0 Å². The van der Waals surface area contributed by atoms with Crippen molar-refractivity contribution in [3.05, 3.63) is 0 Å². The lowest BCUT2D eigenvalue weighted by Gasteiger charge is -2.14. The van der Waals surface area contributed by atoms with Crippen LogP contribution < -0.4 is 0 Å². The van der Waals surface area contributed by atoms with E-state index in [4.69, 9.17) is 0 Å². The summed E-state index contributed by atoms with van der Waals surface area (Å²) in [5, 5.41) is 0. The van der Waals surface area contributed by atoms with Crippen molar-refractivity contribution in [2.45, 2.75) is 77.8 Å². The number of hydrogen-bond donors (Lipinski definition) is 0. The molecule has 0 aromatic heterocycles. The fraction of sp³-hybridized carbons (Fsp3) is 1.00. The first-order chi connectivity index (χ1) is 14.0. The quantitative estimate of drug-likeness (QED) is 0.282. The van der Waals surface area contributed by atoms with Gasteiger partial charge >= 0.3 is 0 Å². The highest BCUT2D eigenvalue weighted by atomic mass is 32.2. The molecule has 0 N–H and O–H groups in total. The average molecular weight is 549 g/mol. The molecule has 0 aromatic carbocycles. The summed E-state index contributed by atoms with van der Waals surface area (Å²) in [6.45, 7) is 6.42. The van der Waals surface area contributed by atoms with Crippen LogP contribution in [0.1, 0.15) is 53.4 Å². The summed E-state index contributed by atoms with van der Waals surface area (Å²) in [6.07, 6.45) is 3.57. The number of hydrogen-bond acceptors (Lipinski definition) is 12. The van der Waals surface area contributed by atoms with Gasteiger partial charge in [-0.1, -0.05) is 0 Å². The monoisotopic (exact) mass is 548 g/mol. The highest BCUT2D eigenvalue weighted by Crippen LogP contribution is 2.12. The van der Waals surface area contributed by atoms with E-state index < -0.39 is 64.9 Å². The SMILES string of the molecule is CC(CCC(C)OS(C)(=O)=O)OS(C)(=O)=O.CC(CCC(C)OS(C)(=O)=O)OS(C)(=O)=O. The highest BCUT2D eigenvalue weighted by Gasteiger charge is 2.16. The van der Waals surface area contributed by atoms with Crippen molar-refractivity contribution in [1.29, 1.82) is 0 Å². The Morgan fingerprint density at radius 1 is 0.406 bits per heavy atom. The molecule has 0 amide bonds. The van der Waals surface area contributed by atoms with E-state index in [0.717, 1.165) is 25.0 Å². The van der Waals surface area contributed by atoms with E-state index in [1.54, 1.807) is 27.7 Å². The minimum atomic E-state index is -3.47. The summed E-state index contributed by atoms with van der Waals surface area (Å²) in [5.41, 5.74) is 0. The molecule has 196 valence electrons. The van der Waals surface area contributed by atoms with Gasteiger partial charge in [0.2, 0.25) is 0 Å². The molecule has 16 heteroatoms. The van der Waals surface area contributed by atoms with Crippen LogP contribution in [0.5, 0.6) is 0 Å². The van der Waals surface area contributed by atoms with Gasteiger partial charge in [-0.15, -0.1) is 0 Å². The molecule has 0 heterocycles. The normalized spacial score (nSPS) is 17.0. The smallest absolute Gasteiger partial charge is 0.264 e. The summed E-state index contributed by atoms with van der Waals surface area (Å²) >= 11 is 0. The Labute approximate surface area is 193 Å². The van der Waals surface area contributed by atoms with E-state index >= 15 is 0 Å². The van der Waals surface area contributed by atoms with Crippen LogP contribution in [0.4, 0.5) is 0 Å². The molecule has 0 aliphatic rings. The van der Waals surface area contributed by atoms with Gasteiger partial charge in [-0.05, 0) is 53.4 Å². The zero-order chi connectivity index (χ0) is 26.0. The Morgan fingerprint density at radius 3 is 0.625 bits per heavy atom. The topological polar surface area (TPSA) is 173 Å². The lowest BCUT2D eigenvalue weighted by molar-refractivity contribution is 0.170. The second-order valence-electron chi connectivity index (χ2n) is 7.60. The molecule has 0 aliphatic heterocycles. The molecule has 0 spiro atoms. The molecule has 0 rings (SSSR count). The van der Waals surface area contributed by atoms with Crippen LogP contribution in [0.15, 0.2) is 0 Å². The maximum atomic E-state index is 10.8. The van der Waals surface area contributed by atoms with Crippen LogP contribution in [0.3, 0.4) is 0 Å². The van der Waals surface area contributed by atoms with Crippen molar-refractivity contribution in [2.24, 2.45) is 0 Å². The molecular weight excluding hydrogens is 512 g/mol. The standard InChI is InChI=1S/2C8H18O6S2/c2*1-7(13-15(3,9)10)5-6-8(2)14-16(4,11)12/h2*7-8H,5-6H2,1-4H3. The molecule has 4 unspecified atom stereocenters. The molecule has 0 bridgehead atoms. The third kappa shape index (κ3) is 27.7. The van der Waals surface area contributed by atoms with Crippen molar-refractivity contribution < 1.29 is 50.4 Å². The second kappa shape index (κ2) is 14.1. The van der Waals surface area contributed by atoms with Gasteiger partial charge in [0.25, 0.3) is 40.5 Å². The number of rotatable bonds is 14. The third-order valence-corrected chi connectivity index (χ3v) is 6.03. The molecule has 0 saturated heterocycles. The van der Waals surface area contributed by atoms with Gasteiger partial charge in [0.05, 0.1) is 49.4 Å². The predicted molar refractivity (Wildman–Crippen MR) is 120 cm³/mol. The van der Waals surface area contributed by atoms with E-state index in [9.17, 15) is 33.7 Å². The van der Waals surface area contributed by atoms with Crippen LogP contribution in [-0.2, 0) is 57.2 Å². The molecule has 0 radical (unpaired) electrons. The van der Waals surface area contributed by atoms with Gasteiger partial charge in [0.15, 0.2) is 0 Å². The maximum absolute atomic E-state index is 10.8. The molecule has 4 atom stereocenters. The summed E-state index contributed by atoms with van der Waals surface area (Å²) in [4.78, 5) is 0. The average Bonchev–Trinajstić information content (AvgIpc) is 2.45. The lowest BCUT2D eigenvalue weighted by Crippen LogP contribution is -2.19. The Balaban J connectivity index is 0. The molecule has 32 heavy (non-hydrogen) atoms. The molecule has 0 aliphatic carbocycles. The first-order valence-electron chi connectivity index (χ1n) is 9.52. The summed E-state index contributed by atoms with van der Waals surface area (Å²) < 4.78 is 105. The van der Waals surface area contributed by atoms with Crippen molar-refractivity contribution in [3.63, 3.8) is 0 Å². The fourth-order valence-electron chi connectivity index (χ4n) is 2.32. The van der Waals surface area contributed by atoms with Gasteiger partial charge in [-0.2, -0.15) is 33.7 Å². The van der Waals surface area contributed by atoms with Crippen molar-refractivity contribution >= 4 is 40.5 Å². The first kappa shape index (κ1) is 33.8. The predicted octanol–water partition coefficient (Wildman–Crippen LogP) is 0.992. The molecule has 0 aromatic rings. The van der Waals surface area contributed by atoms with Gasteiger partial charge in [0, 0.05) is 0 Å². The Kier molecular flexibility index (Phi) is 14.9. The Bertz CT molecular complexity index is 792. The van der Waals surface area contributed by atoms with Gasteiger partial charge in [0.1, 0.15) is 0 Å². The van der Waals surface area contributed by atoms with Gasteiger partial charge in [-0.25, -0.2) is 0 Å². The van der Waals surface area contributed by atoms with Crippen molar-refractivity contribution in [3.8, 4) is 0 Å². The highest BCUT2D eigenvalue weighted by molar-refractivity contribution is 7.86. The van der Waals surface area contributed by atoms with E-state index in [-0.39, 0.29) is 0 Å². The maximum Gasteiger partial charge on any atom is 0.264 e. The van der Waals surface area contributed by atoms with Crippen LogP contribution in [0.2, 0.25) is 0 Å². The second-order valence-corrected chi connectivity index (χ2v) is 14.0. The zero-order valence-electron chi connectivity index (χ0n) is 19.7. The van der Waals surface area contributed by atoms with E-state index in [2.05, 4.69) is 16.7 Å². The van der Waals surface area contributed by atoms with E-state index in [1.165, 1.54) is 0 Å². The minimum absolute atomic E-state index is 0.407. The van der Waals surface area contributed by atoms with E-state index in [0.29, 0.717) is 25.7 Å².